The van der Waals surface area contributed by atoms with Crippen LogP contribution in [0, 0.1) is 6.92 Å². The Morgan fingerprint density at radius 2 is 1.87 bits per heavy atom. The second-order valence-corrected chi connectivity index (χ2v) is 3.28. The number of aromatic nitrogens is 1. The number of hydrogen-bond acceptors (Lipinski definition) is 5. The van der Waals surface area contributed by atoms with Gasteiger partial charge in [-0.15, -0.1) is 0 Å². The van der Waals surface area contributed by atoms with Gasteiger partial charge in [0.1, 0.15) is 5.82 Å². The predicted octanol–water partition coefficient (Wildman–Crippen LogP) is -0.237. The molecule has 4 N–H and O–H groups in total. The van der Waals surface area contributed by atoms with Crippen LogP contribution in [0.2, 0.25) is 0 Å². The van der Waals surface area contributed by atoms with Crippen LogP contribution in [0.1, 0.15) is 5.69 Å². The van der Waals surface area contributed by atoms with Crippen LogP contribution in [0.5, 0.6) is 0 Å². The first-order chi connectivity index (χ1) is 7.19. The van der Waals surface area contributed by atoms with Crippen LogP contribution in [-0.4, -0.2) is 41.5 Å². The average molecular weight is 211 g/mol. The maximum Gasteiger partial charge on any atom is 0.129 e. The van der Waals surface area contributed by atoms with Crippen LogP contribution < -0.4 is 10.6 Å². The molecule has 0 atom stereocenters. The quantitative estimate of drug-likeness (QED) is 0.626. The van der Waals surface area contributed by atoms with Crippen molar-refractivity contribution in [2.45, 2.75) is 6.92 Å². The maximum absolute atomic E-state index is 8.87. The number of pyridine rings is 1. The molecule has 1 rings (SSSR count). The summed E-state index contributed by atoms with van der Waals surface area (Å²) in [6.07, 6.45) is 0. The van der Waals surface area contributed by atoms with E-state index >= 15 is 0 Å². The standard InChI is InChI=1S/C10H17N3O2/c1-8-9(11)2-3-10(12-8)13(4-6-14)5-7-15/h2-3,14-15H,4-7,11H2,1H3. The van der Waals surface area contributed by atoms with Crippen molar-refractivity contribution in [2.24, 2.45) is 0 Å². The fraction of sp³-hybridized carbons (Fsp3) is 0.500. The van der Waals surface area contributed by atoms with Crippen LogP contribution in [0.15, 0.2) is 12.1 Å². The minimum absolute atomic E-state index is 0.0328. The molecule has 0 spiro atoms. The van der Waals surface area contributed by atoms with Crippen molar-refractivity contribution in [1.29, 1.82) is 0 Å². The molecule has 0 radical (unpaired) electrons. The summed E-state index contributed by atoms with van der Waals surface area (Å²) in [5.74, 6) is 0.727. The van der Waals surface area contributed by atoms with E-state index in [1.54, 1.807) is 12.1 Å². The Hall–Kier alpha value is -1.33. The lowest BCUT2D eigenvalue weighted by atomic mass is 10.3. The normalized spacial score (nSPS) is 10.3. The van der Waals surface area contributed by atoms with Gasteiger partial charge in [0.05, 0.1) is 24.6 Å². The highest BCUT2D eigenvalue weighted by Gasteiger charge is 2.07. The van der Waals surface area contributed by atoms with Crippen LogP contribution in [0.4, 0.5) is 11.5 Å². The van der Waals surface area contributed by atoms with Crippen molar-refractivity contribution in [3.8, 4) is 0 Å². The van der Waals surface area contributed by atoms with Gasteiger partial charge in [-0.2, -0.15) is 0 Å². The zero-order chi connectivity index (χ0) is 11.3. The molecule has 0 unspecified atom stereocenters. The Bertz CT molecular complexity index is 312. The summed E-state index contributed by atoms with van der Waals surface area (Å²) in [6.45, 7) is 2.80. The third-order valence-electron chi connectivity index (χ3n) is 2.18. The molecule has 84 valence electrons. The van der Waals surface area contributed by atoms with E-state index < -0.39 is 0 Å². The first-order valence-electron chi connectivity index (χ1n) is 4.89. The monoisotopic (exact) mass is 211 g/mol. The van der Waals surface area contributed by atoms with Crippen molar-refractivity contribution in [1.82, 2.24) is 4.98 Å². The molecular formula is C10H17N3O2. The van der Waals surface area contributed by atoms with Crippen molar-refractivity contribution in [3.05, 3.63) is 17.8 Å². The van der Waals surface area contributed by atoms with Crippen LogP contribution in [0.25, 0.3) is 0 Å². The van der Waals surface area contributed by atoms with E-state index in [2.05, 4.69) is 4.98 Å². The molecule has 5 nitrogen and oxygen atoms in total. The summed E-state index contributed by atoms with van der Waals surface area (Å²) in [5.41, 5.74) is 7.06. The van der Waals surface area contributed by atoms with E-state index in [1.165, 1.54) is 0 Å². The van der Waals surface area contributed by atoms with Gasteiger partial charge in [0.25, 0.3) is 0 Å². The fourth-order valence-corrected chi connectivity index (χ4v) is 1.32. The molecule has 0 saturated carbocycles. The van der Waals surface area contributed by atoms with Crippen LogP contribution in [-0.2, 0) is 0 Å². The summed E-state index contributed by atoms with van der Waals surface area (Å²) in [5, 5.41) is 17.7. The van der Waals surface area contributed by atoms with Crippen LogP contribution in [0.3, 0.4) is 0 Å². The number of anilines is 2. The van der Waals surface area contributed by atoms with Gasteiger partial charge in [-0.25, -0.2) is 4.98 Å². The number of aliphatic hydroxyl groups is 2. The molecule has 5 heteroatoms. The molecule has 0 saturated heterocycles. The van der Waals surface area contributed by atoms with E-state index in [9.17, 15) is 0 Å². The zero-order valence-electron chi connectivity index (χ0n) is 8.85. The Morgan fingerprint density at radius 3 is 2.33 bits per heavy atom. The van der Waals surface area contributed by atoms with Gasteiger partial charge in [0, 0.05) is 13.1 Å². The number of aliphatic hydroxyl groups excluding tert-OH is 2. The Balaban J connectivity index is 2.85. The highest BCUT2D eigenvalue weighted by atomic mass is 16.3. The average Bonchev–Trinajstić information content (AvgIpc) is 2.22. The summed E-state index contributed by atoms with van der Waals surface area (Å²) in [7, 11) is 0. The molecule has 0 aliphatic rings. The SMILES string of the molecule is Cc1nc(N(CCO)CCO)ccc1N. The van der Waals surface area contributed by atoms with Gasteiger partial charge >= 0.3 is 0 Å². The second kappa shape index (κ2) is 5.53. The van der Waals surface area contributed by atoms with Crippen molar-refractivity contribution in [2.75, 3.05) is 36.9 Å². The second-order valence-electron chi connectivity index (χ2n) is 3.28. The highest BCUT2D eigenvalue weighted by Crippen LogP contribution is 2.15. The first-order valence-corrected chi connectivity index (χ1v) is 4.89. The minimum atomic E-state index is 0.0328. The third-order valence-corrected chi connectivity index (χ3v) is 2.18. The van der Waals surface area contributed by atoms with Gasteiger partial charge in [-0.3, -0.25) is 0 Å². The molecule has 1 aromatic rings. The van der Waals surface area contributed by atoms with E-state index in [4.69, 9.17) is 15.9 Å². The van der Waals surface area contributed by atoms with Crippen molar-refractivity contribution >= 4 is 11.5 Å². The topological polar surface area (TPSA) is 82.6 Å². The number of nitrogen functional groups attached to an aromatic ring is 1. The van der Waals surface area contributed by atoms with Gasteiger partial charge in [0.15, 0.2) is 0 Å². The third kappa shape index (κ3) is 3.07. The van der Waals surface area contributed by atoms with Gasteiger partial charge in [-0.1, -0.05) is 0 Å². The molecule has 1 heterocycles. The van der Waals surface area contributed by atoms with Crippen molar-refractivity contribution in [3.63, 3.8) is 0 Å². The van der Waals surface area contributed by atoms with E-state index in [0.29, 0.717) is 18.8 Å². The number of nitrogens with zero attached hydrogens (tertiary/aromatic N) is 2. The largest absolute Gasteiger partial charge is 0.397 e. The molecule has 0 amide bonds. The number of hydrogen-bond donors (Lipinski definition) is 3. The van der Waals surface area contributed by atoms with Gasteiger partial charge in [-0.05, 0) is 19.1 Å². The Kier molecular flexibility index (Phi) is 4.33. The lowest BCUT2D eigenvalue weighted by Gasteiger charge is -2.22. The predicted molar refractivity (Wildman–Crippen MR) is 59.8 cm³/mol. The van der Waals surface area contributed by atoms with Gasteiger partial charge < -0.3 is 20.8 Å². The van der Waals surface area contributed by atoms with Crippen molar-refractivity contribution < 1.29 is 10.2 Å². The maximum atomic E-state index is 8.87. The Morgan fingerprint density at radius 1 is 1.27 bits per heavy atom. The number of rotatable bonds is 5. The summed E-state index contributed by atoms with van der Waals surface area (Å²) in [6, 6.07) is 3.56. The zero-order valence-corrected chi connectivity index (χ0v) is 8.85. The number of nitrogens with two attached hydrogens (primary N) is 1. The first kappa shape index (κ1) is 11.7. The molecule has 0 aliphatic heterocycles. The van der Waals surface area contributed by atoms with Crippen LogP contribution >= 0.6 is 0 Å². The summed E-state index contributed by atoms with van der Waals surface area (Å²) >= 11 is 0. The number of aryl methyl sites for hydroxylation is 1. The van der Waals surface area contributed by atoms with E-state index in [-0.39, 0.29) is 13.2 Å². The minimum Gasteiger partial charge on any atom is -0.397 e. The fourth-order valence-electron chi connectivity index (χ4n) is 1.32. The van der Waals surface area contributed by atoms with Gasteiger partial charge in [0.2, 0.25) is 0 Å². The summed E-state index contributed by atoms with van der Waals surface area (Å²) in [4.78, 5) is 6.10. The lowest BCUT2D eigenvalue weighted by molar-refractivity contribution is 0.280. The van der Waals surface area contributed by atoms with E-state index in [1.807, 2.05) is 11.8 Å². The lowest BCUT2D eigenvalue weighted by Crippen LogP contribution is -2.30. The molecule has 0 aliphatic carbocycles. The Labute approximate surface area is 89.2 Å². The molecule has 0 fully saturated rings. The molecule has 0 aromatic carbocycles. The molecule has 15 heavy (non-hydrogen) atoms. The molecular weight excluding hydrogens is 194 g/mol. The summed E-state index contributed by atoms with van der Waals surface area (Å²) < 4.78 is 0. The molecule has 0 bridgehead atoms. The highest BCUT2D eigenvalue weighted by molar-refractivity contribution is 5.50. The smallest absolute Gasteiger partial charge is 0.129 e. The van der Waals surface area contributed by atoms with E-state index in [0.717, 1.165) is 11.5 Å². The molecule has 1 aromatic heterocycles.